The smallest absolute Gasteiger partial charge is 0.272 e. The largest absolute Gasteiger partial charge is 0.395 e. The van der Waals surface area contributed by atoms with Gasteiger partial charge < -0.3 is 5.11 Å². The lowest BCUT2D eigenvalue weighted by Gasteiger charge is -2.08. The number of hydrogen-bond donors (Lipinski definition) is 4. The Bertz CT molecular complexity index is 821. The van der Waals surface area contributed by atoms with Crippen LogP contribution in [0.1, 0.15) is 0 Å². The van der Waals surface area contributed by atoms with Crippen LogP contribution in [0.25, 0.3) is 10.8 Å². The fourth-order valence-electron chi connectivity index (χ4n) is 1.65. The Kier molecular flexibility index (Phi) is 3.40. The van der Waals surface area contributed by atoms with Crippen LogP contribution in [0.5, 0.6) is 0 Å². The van der Waals surface area contributed by atoms with Gasteiger partial charge in [-0.3, -0.25) is 24.5 Å². The minimum Gasteiger partial charge on any atom is -0.395 e. The van der Waals surface area contributed by atoms with Crippen molar-refractivity contribution < 1.29 is 13.5 Å². The summed E-state index contributed by atoms with van der Waals surface area (Å²) in [6, 6.07) is 4.23. The van der Waals surface area contributed by atoms with Crippen molar-refractivity contribution in [2.45, 2.75) is 0 Å². The summed E-state index contributed by atoms with van der Waals surface area (Å²) in [5.74, 6) is -0.496. The van der Waals surface area contributed by atoms with Gasteiger partial charge in [-0.15, -0.1) is 0 Å². The minimum atomic E-state index is -3.77. The van der Waals surface area contributed by atoms with Crippen LogP contribution in [0.4, 0.5) is 5.69 Å². The molecule has 0 aliphatic carbocycles. The number of H-pyrrole nitrogens is 2. The van der Waals surface area contributed by atoms with Gasteiger partial charge >= 0.3 is 0 Å². The Hall–Kier alpha value is -2.13. The van der Waals surface area contributed by atoms with Crippen molar-refractivity contribution in [1.82, 2.24) is 10.2 Å². The molecule has 0 spiro atoms. The molecule has 102 valence electrons. The molecule has 1 heterocycles. The van der Waals surface area contributed by atoms with Crippen molar-refractivity contribution >= 4 is 26.5 Å². The maximum atomic E-state index is 11.7. The summed E-state index contributed by atoms with van der Waals surface area (Å²) in [5.41, 5.74) is -1.15. The number of anilines is 1. The number of rotatable bonds is 4. The highest BCUT2D eigenvalue weighted by Gasteiger charge is 2.14. The van der Waals surface area contributed by atoms with E-state index >= 15 is 0 Å². The van der Waals surface area contributed by atoms with Gasteiger partial charge in [0.15, 0.2) is 0 Å². The molecular weight excluding hydrogens is 274 g/mol. The zero-order valence-electron chi connectivity index (χ0n) is 9.63. The fraction of sp³-hybridized carbons (Fsp3) is 0.200. The SMILES string of the molecule is O=c1[nH][nH]c(=O)c2c(NS(=O)(=O)CCO)cccc12. The number of aromatic amines is 2. The zero-order valence-corrected chi connectivity index (χ0v) is 10.5. The molecule has 0 amide bonds. The molecule has 2 aromatic rings. The van der Waals surface area contributed by atoms with Gasteiger partial charge in [-0.05, 0) is 12.1 Å². The number of aliphatic hydroxyl groups excluding tert-OH is 1. The number of aliphatic hydroxyl groups is 1. The van der Waals surface area contributed by atoms with Crippen LogP contribution in [0.2, 0.25) is 0 Å². The van der Waals surface area contributed by atoms with Crippen LogP contribution in [-0.2, 0) is 10.0 Å². The molecule has 0 bridgehead atoms. The summed E-state index contributed by atoms with van der Waals surface area (Å²) in [5, 5.41) is 12.9. The van der Waals surface area contributed by atoms with Crippen LogP contribution in [0.3, 0.4) is 0 Å². The number of sulfonamides is 1. The van der Waals surface area contributed by atoms with E-state index in [-0.39, 0.29) is 16.5 Å². The van der Waals surface area contributed by atoms with Gasteiger partial charge in [0.2, 0.25) is 10.0 Å². The van der Waals surface area contributed by atoms with Crippen LogP contribution in [0.15, 0.2) is 27.8 Å². The first kappa shape index (κ1) is 13.3. The van der Waals surface area contributed by atoms with Crippen molar-refractivity contribution in [3.05, 3.63) is 38.9 Å². The average Bonchev–Trinajstić information content (AvgIpc) is 2.33. The third kappa shape index (κ3) is 2.66. The molecule has 0 atom stereocenters. The highest BCUT2D eigenvalue weighted by Crippen LogP contribution is 2.17. The van der Waals surface area contributed by atoms with Gasteiger partial charge in [-0.2, -0.15) is 0 Å². The highest BCUT2D eigenvalue weighted by molar-refractivity contribution is 7.92. The third-order valence-corrected chi connectivity index (χ3v) is 3.70. The first-order valence-corrected chi connectivity index (χ1v) is 6.95. The second-order valence-corrected chi connectivity index (χ2v) is 5.62. The molecule has 8 nitrogen and oxygen atoms in total. The summed E-state index contributed by atoms with van der Waals surface area (Å²) >= 11 is 0. The van der Waals surface area contributed by atoms with E-state index in [2.05, 4.69) is 14.9 Å². The summed E-state index contributed by atoms with van der Waals surface area (Å²) in [4.78, 5) is 23.2. The molecule has 0 fully saturated rings. The lowest BCUT2D eigenvalue weighted by molar-refractivity contribution is 0.320. The van der Waals surface area contributed by atoms with Gasteiger partial charge in [0, 0.05) is 0 Å². The number of nitrogens with one attached hydrogen (secondary N) is 3. The van der Waals surface area contributed by atoms with Gasteiger partial charge in [0.1, 0.15) is 0 Å². The van der Waals surface area contributed by atoms with E-state index < -0.39 is 33.5 Å². The molecule has 4 N–H and O–H groups in total. The maximum absolute atomic E-state index is 11.7. The standard InChI is InChI=1S/C10H11N3O5S/c14-4-5-19(17,18)13-7-3-1-2-6-8(7)10(16)12-11-9(6)15/h1-3,13-14H,4-5H2,(H,11,15)(H,12,16). The Morgan fingerprint density at radius 1 is 1.16 bits per heavy atom. The summed E-state index contributed by atoms with van der Waals surface area (Å²) in [6.07, 6.45) is 0. The molecule has 0 unspecified atom stereocenters. The fourth-order valence-corrected chi connectivity index (χ4v) is 2.50. The van der Waals surface area contributed by atoms with Crippen molar-refractivity contribution in [1.29, 1.82) is 0 Å². The molecule has 1 aromatic heterocycles. The normalized spacial score (nSPS) is 11.6. The first-order chi connectivity index (χ1) is 8.94. The molecule has 0 radical (unpaired) electrons. The summed E-state index contributed by atoms with van der Waals surface area (Å²) in [7, 11) is -3.77. The van der Waals surface area contributed by atoms with Crippen molar-refractivity contribution in [2.24, 2.45) is 0 Å². The summed E-state index contributed by atoms with van der Waals surface area (Å²) < 4.78 is 25.3. The van der Waals surface area contributed by atoms with Gasteiger partial charge in [-0.1, -0.05) is 6.07 Å². The van der Waals surface area contributed by atoms with Crippen molar-refractivity contribution in [3.8, 4) is 0 Å². The van der Waals surface area contributed by atoms with Gasteiger partial charge in [-0.25, -0.2) is 8.42 Å². The highest BCUT2D eigenvalue weighted by atomic mass is 32.2. The van der Waals surface area contributed by atoms with Crippen molar-refractivity contribution in [2.75, 3.05) is 17.1 Å². The Labute approximate surface area is 107 Å². The average molecular weight is 285 g/mol. The monoisotopic (exact) mass is 285 g/mol. The van der Waals surface area contributed by atoms with E-state index in [4.69, 9.17) is 5.11 Å². The van der Waals surface area contributed by atoms with E-state index in [1.807, 2.05) is 0 Å². The van der Waals surface area contributed by atoms with Crippen LogP contribution in [-0.4, -0.2) is 36.1 Å². The first-order valence-electron chi connectivity index (χ1n) is 5.29. The number of fused-ring (bicyclic) bond motifs is 1. The quantitative estimate of drug-likeness (QED) is 0.569. The lowest BCUT2D eigenvalue weighted by Crippen LogP contribution is -2.23. The Balaban J connectivity index is 2.66. The molecule has 1 aromatic carbocycles. The molecule has 9 heteroatoms. The number of benzene rings is 1. The van der Waals surface area contributed by atoms with Crippen molar-refractivity contribution in [3.63, 3.8) is 0 Å². The number of hydrogen-bond acceptors (Lipinski definition) is 5. The van der Waals surface area contributed by atoms with E-state index in [1.165, 1.54) is 18.2 Å². The lowest BCUT2D eigenvalue weighted by atomic mass is 10.2. The third-order valence-electron chi connectivity index (χ3n) is 2.45. The topological polar surface area (TPSA) is 132 Å². The molecule has 0 saturated heterocycles. The molecule has 2 rings (SSSR count). The maximum Gasteiger partial charge on any atom is 0.272 e. The Morgan fingerprint density at radius 2 is 1.84 bits per heavy atom. The molecule has 0 aliphatic rings. The minimum absolute atomic E-state index is 0.00157. The van der Waals surface area contributed by atoms with Crippen LogP contribution < -0.4 is 15.8 Å². The van der Waals surface area contributed by atoms with E-state index in [0.717, 1.165) is 0 Å². The Morgan fingerprint density at radius 3 is 2.53 bits per heavy atom. The molecule has 19 heavy (non-hydrogen) atoms. The number of aromatic nitrogens is 2. The summed E-state index contributed by atoms with van der Waals surface area (Å²) in [6.45, 7) is -0.545. The second-order valence-electron chi connectivity index (χ2n) is 3.78. The second kappa shape index (κ2) is 4.86. The van der Waals surface area contributed by atoms with Gasteiger partial charge in [0.05, 0.1) is 28.8 Å². The van der Waals surface area contributed by atoms with E-state index in [0.29, 0.717) is 0 Å². The van der Waals surface area contributed by atoms with E-state index in [1.54, 1.807) is 0 Å². The van der Waals surface area contributed by atoms with E-state index in [9.17, 15) is 18.0 Å². The molecular formula is C10H11N3O5S. The van der Waals surface area contributed by atoms with Crippen LogP contribution in [0, 0.1) is 0 Å². The van der Waals surface area contributed by atoms with Gasteiger partial charge in [0.25, 0.3) is 11.1 Å². The molecule has 0 saturated carbocycles. The molecule has 0 aliphatic heterocycles. The van der Waals surface area contributed by atoms with Crippen LogP contribution >= 0.6 is 0 Å². The predicted octanol–water partition coefficient (Wildman–Crippen LogP) is -1.05. The predicted molar refractivity (Wildman–Crippen MR) is 69.7 cm³/mol. The zero-order chi connectivity index (χ0) is 14.0.